The Morgan fingerprint density at radius 3 is 2.29 bits per heavy atom. The average molecular weight is 369 g/mol. The molecule has 4 nitrogen and oxygen atoms in total. The van der Waals surface area contributed by atoms with Crippen LogP contribution in [0.2, 0.25) is 0 Å². The van der Waals surface area contributed by atoms with Crippen molar-refractivity contribution in [1.29, 1.82) is 0 Å². The maximum Gasteiger partial charge on any atom is 0.255 e. The van der Waals surface area contributed by atoms with Gasteiger partial charge in [0.15, 0.2) is 0 Å². The molecule has 0 bridgehead atoms. The number of rotatable bonds is 6. The molecule has 1 aromatic heterocycles. The highest BCUT2D eigenvalue weighted by molar-refractivity contribution is 5.82. The van der Waals surface area contributed by atoms with Gasteiger partial charge in [0.2, 0.25) is 5.95 Å². The first-order valence-electron chi connectivity index (χ1n) is 9.57. The lowest BCUT2D eigenvalue weighted by Gasteiger charge is -2.11. The van der Waals surface area contributed by atoms with E-state index in [-0.39, 0.29) is 11.5 Å². The third-order valence-electron chi connectivity index (χ3n) is 5.04. The van der Waals surface area contributed by atoms with Crippen LogP contribution in [0.4, 0.5) is 5.95 Å². The Bertz CT molecular complexity index is 1150. The second-order valence-electron chi connectivity index (χ2n) is 7.01. The lowest BCUT2D eigenvalue weighted by molar-refractivity contribution is 0.660. The molecule has 0 aliphatic heterocycles. The molecule has 0 spiro atoms. The minimum absolute atomic E-state index is 0.0867. The number of anilines is 1. The maximum absolute atomic E-state index is 12.5. The van der Waals surface area contributed by atoms with Crippen LogP contribution in [0.1, 0.15) is 16.8 Å². The smallest absolute Gasteiger partial charge is 0.255 e. The number of nitrogen functional groups attached to an aromatic ring is 1. The first kappa shape index (κ1) is 18.0. The van der Waals surface area contributed by atoms with Crippen LogP contribution < -0.4 is 11.3 Å². The quantitative estimate of drug-likeness (QED) is 0.559. The molecule has 0 atom stereocenters. The van der Waals surface area contributed by atoms with Gasteiger partial charge in [-0.3, -0.25) is 9.36 Å². The van der Waals surface area contributed by atoms with Gasteiger partial charge in [0.05, 0.1) is 5.69 Å². The first-order valence-corrected chi connectivity index (χ1v) is 9.57. The third-order valence-corrected chi connectivity index (χ3v) is 5.04. The van der Waals surface area contributed by atoms with Gasteiger partial charge in [0, 0.05) is 12.6 Å². The van der Waals surface area contributed by atoms with Gasteiger partial charge in [0.1, 0.15) is 0 Å². The molecule has 0 saturated heterocycles. The lowest BCUT2D eigenvalue weighted by Crippen LogP contribution is -2.25. The first-order chi connectivity index (χ1) is 13.7. The van der Waals surface area contributed by atoms with E-state index in [1.165, 1.54) is 21.9 Å². The van der Waals surface area contributed by atoms with E-state index in [9.17, 15) is 4.79 Å². The fourth-order valence-corrected chi connectivity index (χ4v) is 3.48. The molecule has 4 rings (SSSR count). The van der Waals surface area contributed by atoms with Crippen molar-refractivity contribution >= 4 is 16.7 Å². The largest absolute Gasteiger partial charge is 0.369 e. The molecule has 0 fully saturated rings. The van der Waals surface area contributed by atoms with Crippen LogP contribution in [-0.4, -0.2) is 9.55 Å². The Balaban J connectivity index is 1.46. The number of nitrogens with zero attached hydrogens (tertiary/aromatic N) is 2. The van der Waals surface area contributed by atoms with Crippen LogP contribution in [0.15, 0.2) is 83.7 Å². The monoisotopic (exact) mass is 369 g/mol. The Morgan fingerprint density at radius 1 is 0.750 bits per heavy atom. The summed E-state index contributed by atoms with van der Waals surface area (Å²) in [6.07, 6.45) is 2.28. The zero-order valence-corrected chi connectivity index (χ0v) is 15.7. The maximum atomic E-state index is 12.5. The van der Waals surface area contributed by atoms with Gasteiger partial charge in [-0.15, -0.1) is 0 Å². The summed E-state index contributed by atoms with van der Waals surface area (Å²) in [5, 5.41) is 2.42. The average Bonchev–Trinajstić information content (AvgIpc) is 2.72. The number of aryl methyl sites for hydroxylation is 3. The van der Waals surface area contributed by atoms with Gasteiger partial charge in [-0.25, -0.2) is 4.98 Å². The number of hydrogen-bond acceptors (Lipinski definition) is 3. The molecule has 3 aromatic carbocycles. The SMILES string of the molecule is Nc1nc(CCc2ccccc2)cc(=O)n1CCc1ccc2ccccc2c1. The van der Waals surface area contributed by atoms with Gasteiger partial charge in [-0.1, -0.05) is 72.8 Å². The van der Waals surface area contributed by atoms with Gasteiger partial charge < -0.3 is 5.73 Å². The lowest BCUT2D eigenvalue weighted by atomic mass is 10.1. The Morgan fingerprint density at radius 2 is 1.50 bits per heavy atom. The number of benzene rings is 3. The van der Waals surface area contributed by atoms with Crippen molar-refractivity contribution in [2.24, 2.45) is 0 Å². The predicted octanol–water partition coefficient (Wildman–Crippen LogP) is 4.01. The van der Waals surface area contributed by atoms with E-state index in [1.807, 2.05) is 30.3 Å². The van der Waals surface area contributed by atoms with E-state index in [4.69, 9.17) is 5.73 Å². The van der Waals surface area contributed by atoms with Crippen LogP contribution >= 0.6 is 0 Å². The summed E-state index contributed by atoms with van der Waals surface area (Å²) in [6.45, 7) is 0.523. The molecule has 140 valence electrons. The van der Waals surface area contributed by atoms with Gasteiger partial charge in [0.25, 0.3) is 5.56 Å². The number of nitrogens with two attached hydrogens (primary N) is 1. The second-order valence-corrected chi connectivity index (χ2v) is 7.01. The molecule has 0 aliphatic rings. The molecule has 0 aliphatic carbocycles. The molecular weight excluding hydrogens is 346 g/mol. The molecule has 0 radical (unpaired) electrons. The Hall–Kier alpha value is -3.40. The van der Waals surface area contributed by atoms with Gasteiger partial charge in [-0.2, -0.15) is 0 Å². The fourth-order valence-electron chi connectivity index (χ4n) is 3.48. The summed E-state index contributed by atoms with van der Waals surface area (Å²) in [6, 6.07) is 26.4. The minimum atomic E-state index is -0.0867. The van der Waals surface area contributed by atoms with Crippen molar-refractivity contribution in [2.45, 2.75) is 25.8 Å². The molecule has 4 heteroatoms. The van der Waals surface area contributed by atoms with Crippen LogP contribution in [0, 0.1) is 0 Å². The summed E-state index contributed by atoms with van der Waals surface area (Å²) in [4.78, 5) is 17.0. The molecule has 2 N–H and O–H groups in total. The van der Waals surface area contributed by atoms with Crippen molar-refractivity contribution in [2.75, 3.05) is 5.73 Å². The van der Waals surface area contributed by atoms with Crippen molar-refractivity contribution in [3.63, 3.8) is 0 Å². The summed E-state index contributed by atoms with van der Waals surface area (Å²) in [5.41, 5.74) is 9.16. The minimum Gasteiger partial charge on any atom is -0.369 e. The molecule has 1 heterocycles. The van der Waals surface area contributed by atoms with Crippen molar-refractivity contribution in [1.82, 2.24) is 9.55 Å². The summed E-state index contributed by atoms with van der Waals surface area (Å²) in [7, 11) is 0. The standard InChI is InChI=1S/C24H23N3O/c25-24-26-22(13-11-18-6-2-1-3-7-18)17-23(28)27(24)15-14-19-10-12-20-8-4-5-9-21(20)16-19/h1-10,12,16-17H,11,13-15H2,(H2,25,26). The highest BCUT2D eigenvalue weighted by Crippen LogP contribution is 2.16. The van der Waals surface area contributed by atoms with Crippen LogP contribution in [0.3, 0.4) is 0 Å². The molecule has 0 saturated carbocycles. The molecule has 4 aromatic rings. The zero-order valence-electron chi connectivity index (χ0n) is 15.7. The van der Waals surface area contributed by atoms with E-state index >= 15 is 0 Å². The molecular formula is C24H23N3O. The number of aromatic nitrogens is 2. The summed E-state index contributed by atoms with van der Waals surface area (Å²) >= 11 is 0. The van der Waals surface area contributed by atoms with Crippen molar-refractivity contribution < 1.29 is 0 Å². The van der Waals surface area contributed by atoms with Gasteiger partial charge >= 0.3 is 0 Å². The predicted molar refractivity (Wildman–Crippen MR) is 114 cm³/mol. The van der Waals surface area contributed by atoms with Gasteiger partial charge in [-0.05, 0) is 41.2 Å². The van der Waals surface area contributed by atoms with E-state index in [0.29, 0.717) is 13.0 Å². The Labute approximate surface area is 164 Å². The summed E-state index contributed by atoms with van der Waals surface area (Å²) in [5.74, 6) is 0.288. The van der Waals surface area contributed by atoms with Crippen molar-refractivity contribution in [3.05, 3.63) is 106 Å². The van der Waals surface area contributed by atoms with Crippen molar-refractivity contribution in [3.8, 4) is 0 Å². The molecule has 28 heavy (non-hydrogen) atoms. The third kappa shape index (κ3) is 4.12. The number of hydrogen-bond donors (Lipinski definition) is 1. The highest BCUT2D eigenvalue weighted by Gasteiger charge is 2.07. The van der Waals surface area contributed by atoms with Crippen LogP contribution in [-0.2, 0) is 25.8 Å². The summed E-state index contributed by atoms with van der Waals surface area (Å²) < 4.78 is 1.56. The van der Waals surface area contributed by atoms with E-state index in [0.717, 1.165) is 18.5 Å². The number of fused-ring (bicyclic) bond motifs is 1. The van der Waals surface area contributed by atoms with Crippen LogP contribution in [0.5, 0.6) is 0 Å². The van der Waals surface area contributed by atoms with E-state index in [1.54, 1.807) is 10.6 Å². The fraction of sp³-hybridized carbons (Fsp3) is 0.167. The topological polar surface area (TPSA) is 60.9 Å². The Kier molecular flexibility index (Phi) is 5.20. The van der Waals surface area contributed by atoms with E-state index in [2.05, 4.69) is 47.4 Å². The molecule has 0 amide bonds. The normalized spacial score (nSPS) is 11.0. The zero-order chi connectivity index (χ0) is 19.3. The molecule has 0 unspecified atom stereocenters. The van der Waals surface area contributed by atoms with Crippen LogP contribution in [0.25, 0.3) is 10.8 Å². The highest BCUT2D eigenvalue weighted by atomic mass is 16.1. The second kappa shape index (κ2) is 8.09. The van der Waals surface area contributed by atoms with E-state index < -0.39 is 0 Å².